The minimum atomic E-state index is -0.690. The quantitative estimate of drug-likeness (QED) is 0.821. The molecule has 0 saturated heterocycles. The molecule has 0 atom stereocenters. The van der Waals surface area contributed by atoms with E-state index in [2.05, 4.69) is 20.9 Å². The Morgan fingerprint density at radius 3 is 2.50 bits per heavy atom. The fourth-order valence-electron chi connectivity index (χ4n) is 1.93. The summed E-state index contributed by atoms with van der Waals surface area (Å²) in [5.74, 6) is -0.465. The van der Waals surface area contributed by atoms with Gasteiger partial charge in [-0.15, -0.1) is 0 Å². The maximum absolute atomic E-state index is 13.2. The summed E-state index contributed by atoms with van der Waals surface area (Å²) in [6, 6.07) is 6.92. The van der Waals surface area contributed by atoms with Crippen molar-refractivity contribution in [1.29, 1.82) is 0 Å². The average molecular weight is 397 g/mol. The van der Waals surface area contributed by atoms with Crippen LogP contribution in [0.25, 0.3) is 0 Å². The summed E-state index contributed by atoms with van der Waals surface area (Å²) < 4.78 is 19.2. The van der Waals surface area contributed by atoms with Crippen molar-refractivity contribution in [1.82, 2.24) is 4.98 Å². The average Bonchev–Trinajstić information content (AvgIpc) is 2.46. The number of amides is 1. The number of benzene rings is 1. The van der Waals surface area contributed by atoms with E-state index in [0.29, 0.717) is 15.9 Å². The molecule has 2 rings (SSSR count). The topological polar surface area (TPSA) is 62.7 Å². The predicted octanol–water partition coefficient (Wildman–Crippen LogP) is 4.63. The molecule has 0 fully saturated rings. The van der Waals surface area contributed by atoms with Gasteiger partial charge < -0.3 is 9.84 Å². The van der Waals surface area contributed by atoms with E-state index >= 15 is 0 Å². The van der Waals surface area contributed by atoms with Gasteiger partial charge in [-0.3, -0.25) is 9.88 Å². The summed E-state index contributed by atoms with van der Waals surface area (Å²) in [5.41, 5.74) is 0.0491. The summed E-state index contributed by atoms with van der Waals surface area (Å²) in [6.07, 6.45) is 0.908. The van der Waals surface area contributed by atoms with Crippen LogP contribution >= 0.6 is 15.9 Å². The van der Waals surface area contributed by atoms with Gasteiger partial charge in [-0.2, -0.15) is 0 Å². The van der Waals surface area contributed by atoms with Gasteiger partial charge in [-0.05, 0) is 67.0 Å². The SMILES string of the molecule is CC(C)(C)OC(=O)N(Cc1ncc(Br)cc1O)c1ccc(F)cc1. The molecule has 1 heterocycles. The van der Waals surface area contributed by atoms with Crippen LogP contribution in [0.1, 0.15) is 26.5 Å². The summed E-state index contributed by atoms with van der Waals surface area (Å²) in [4.78, 5) is 17.9. The second kappa shape index (κ2) is 7.17. The predicted molar refractivity (Wildman–Crippen MR) is 92.4 cm³/mol. The van der Waals surface area contributed by atoms with E-state index < -0.39 is 17.5 Å². The van der Waals surface area contributed by atoms with Crippen LogP contribution in [0, 0.1) is 5.82 Å². The minimum absolute atomic E-state index is 0.0142. The molecule has 0 aliphatic heterocycles. The third kappa shape index (κ3) is 4.92. The van der Waals surface area contributed by atoms with Crippen molar-refractivity contribution in [2.45, 2.75) is 32.9 Å². The Kier molecular flexibility index (Phi) is 5.43. The molecule has 1 N–H and O–H groups in total. The normalized spacial score (nSPS) is 11.2. The van der Waals surface area contributed by atoms with Crippen LogP contribution in [0.3, 0.4) is 0 Å². The van der Waals surface area contributed by atoms with Crippen LogP contribution in [0.4, 0.5) is 14.9 Å². The van der Waals surface area contributed by atoms with Gasteiger partial charge in [0.05, 0.1) is 6.54 Å². The molecule has 1 amide bonds. The third-order valence-corrected chi connectivity index (χ3v) is 3.41. The van der Waals surface area contributed by atoms with Crippen LogP contribution in [-0.4, -0.2) is 21.8 Å². The Balaban J connectivity index is 2.35. The lowest BCUT2D eigenvalue weighted by atomic mass is 10.2. The lowest BCUT2D eigenvalue weighted by molar-refractivity contribution is 0.0577. The summed E-state index contributed by atoms with van der Waals surface area (Å²) in [6.45, 7) is 5.24. The molecule has 0 bridgehead atoms. The fourth-order valence-corrected chi connectivity index (χ4v) is 2.25. The van der Waals surface area contributed by atoms with E-state index in [0.717, 1.165) is 0 Å². The van der Waals surface area contributed by atoms with E-state index in [9.17, 15) is 14.3 Å². The van der Waals surface area contributed by atoms with Crippen molar-refractivity contribution in [3.05, 3.63) is 52.5 Å². The van der Waals surface area contributed by atoms with Crippen molar-refractivity contribution in [3.8, 4) is 5.75 Å². The van der Waals surface area contributed by atoms with Gasteiger partial charge in [0.15, 0.2) is 0 Å². The van der Waals surface area contributed by atoms with Gasteiger partial charge in [-0.1, -0.05) is 0 Å². The Bertz CT molecular complexity index is 730. The van der Waals surface area contributed by atoms with Crippen LogP contribution in [0.2, 0.25) is 0 Å². The zero-order valence-electron chi connectivity index (χ0n) is 13.6. The van der Waals surface area contributed by atoms with E-state index in [1.807, 2.05) is 0 Å². The highest BCUT2D eigenvalue weighted by atomic mass is 79.9. The first-order chi connectivity index (χ1) is 11.2. The Hall–Kier alpha value is -2.15. The Morgan fingerprint density at radius 1 is 1.33 bits per heavy atom. The maximum Gasteiger partial charge on any atom is 0.415 e. The first-order valence-electron chi connectivity index (χ1n) is 7.25. The van der Waals surface area contributed by atoms with Crippen LogP contribution < -0.4 is 4.90 Å². The van der Waals surface area contributed by atoms with E-state index in [-0.39, 0.29) is 12.3 Å². The molecular formula is C17H18BrFN2O3. The number of halogens is 2. The van der Waals surface area contributed by atoms with Gasteiger partial charge in [0, 0.05) is 16.4 Å². The number of nitrogens with zero attached hydrogens (tertiary/aromatic N) is 2. The molecule has 2 aromatic rings. The number of aromatic nitrogens is 1. The number of hydrogen-bond acceptors (Lipinski definition) is 4. The highest BCUT2D eigenvalue weighted by Crippen LogP contribution is 2.25. The van der Waals surface area contributed by atoms with Crippen molar-refractivity contribution in [3.63, 3.8) is 0 Å². The molecule has 0 aliphatic rings. The van der Waals surface area contributed by atoms with Gasteiger partial charge in [-0.25, -0.2) is 9.18 Å². The number of hydrogen-bond donors (Lipinski definition) is 1. The first kappa shape index (κ1) is 18.2. The standard InChI is InChI=1S/C17H18BrFN2O3/c1-17(2,3)24-16(23)21(13-6-4-12(19)5-7-13)10-14-15(22)8-11(18)9-20-14/h4-9,22H,10H2,1-3H3. The van der Waals surface area contributed by atoms with E-state index in [1.165, 1.54) is 41.4 Å². The molecular weight excluding hydrogens is 379 g/mol. The number of carbonyl (C=O) groups excluding carboxylic acids is 1. The molecule has 0 radical (unpaired) electrons. The zero-order chi connectivity index (χ0) is 17.9. The number of rotatable bonds is 3. The van der Waals surface area contributed by atoms with Crippen molar-refractivity contribution < 1.29 is 19.0 Å². The number of aromatic hydroxyl groups is 1. The number of anilines is 1. The smallest absolute Gasteiger partial charge is 0.415 e. The van der Waals surface area contributed by atoms with Gasteiger partial charge in [0.2, 0.25) is 0 Å². The number of carbonyl (C=O) groups is 1. The lowest BCUT2D eigenvalue weighted by Gasteiger charge is -2.27. The van der Waals surface area contributed by atoms with Crippen molar-refractivity contribution >= 4 is 27.7 Å². The van der Waals surface area contributed by atoms with Crippen molar-refractivity contribution in [2.24, 2.45) is 0 Å². The molecule has 0 aliphatic carbocycles. The third-order valence-electron chi connectivity index (χ3n) is 2.97. The summed E-state index contributed by atoms with van der Waals surface area (Å²) >= 11 is 3.21. The zero-order valence-corrected chi connectivity index (χ0v) is 15.2. The van der Waals surface area contributed by atoms with E-state index in [1.54, 1.807) is 20.8 Å². The van der Waals surface area contributed by atoms with Gasteiger partial charge in [0.25, 0.3) is 0 Å². The number of pyridine rings is 1. The van der Waals surface area contributed by atoms with Crippen LogP contribution in [-0.2, 0) is 11.3 Å². The molecule has 1 aromatic heterocycles. The van der Waals surface area contributed by atoms with Crippen molar-refractivity contribution in [2.75, 3.05) is 4.90 Å². The van der Waals surface area contributed by atoms with Crippen LogP contribution in [0.5, 0.6) is 5.75 Å². The van der Waals surface area contributed by atoms with Gasteiger partial charge >= 0.3 is 6.09 Å². The monoisotopic (exact) mass is 396 g/mol. The molecule has 0 spiro atoms. The second-order valence-electron chi connectivity index (χ2n) is 6.16. The summed E-state index contributed by atoms with van der Waals surface area (Å²) in [7, 11) is 0. The largest absolute Gasteiger partial charge is 0.506 e. The second-order valence-corrected chi connectivity index (χ2v) is 7.08. The lowest BCUT2D eigenvalue weighted by Crippen LogP contribution is -2.36. The minimum Gasteiger partial charge on any atom is -0.506 e. The number of ether oxygens (including phenoxy) is 1. The molecule has 24 heavy (non-hydrogen) atoms. The molecule has 0 saturated carbocycles. The highest BCUT2D eigenvalue weighted by Gasteiger charge is 2.25. The molecule has 128 valence electrons. The van der Waals surface area contributed by atoms with Crippen LogP contribution in [0.15, 0.2) is 41.0 Å². The molecule has 5 nitrogen and oxygen atoms in total. The molecule has 7 heteroatoms. The maximum atomic E-state index is 13.2. The van der Waals surface area contributed by atoms with E-state index in [4.69, 9.17) is 4.74 Å². The highest BCUT2D eigenvalue weighted by molar-refractivity contribution is 9.10. The first-order valence-corrected chi connectivity index (χ1v) is 8.04. The summed E-state index contributed by atoms with van der Waals surface area (Å²) in [5, 5.41) is 10.0. The molecule has 0 unspecified atom stereocenters. The van der Waals surface area contributed by atoms with Gasteiger partial charge in [0.1, 0.15) is 22.9 Å². The Morgan fingerprint density at radius 2 is 1.96 bits per heavy atom. The fraction of sp³-hybridized carbons (Fsp3) is 0.294. The Labute approximate surface area is 148 Å². The molecule has 1 aromatic carbocycles.